The summed E-state index contributed by atoms with van der Waals surface area (Å²) in [6, 6.07) is 6.09. The second-order valence-corrected chi connectivity index (χ2v) is 6.51. The Kier molecular flexibility index (Phi) is 3.46. The molecule has 2 fully saturated rings. The van der Waals surface area contributed by atoms with Gasteiger partial charge in [0.2, 0.25) is 0 Å². The fourth-order valence-corrected chi connectivity index (χ4v) is 3.80. The van der Waals surface area contributed by atoms with Gasteiger partial charge in [0.25, 0.3) is 0 Å². The molecule has 1 N–H and O–H groups in total. The van der Waals surface area contributed by atoms with E-state index in [2.05, 4.69) is 23.8 Å². The number of phenols is 1. The van der Waals surface area contributed by atoms with E-state index >= 15 is 0 Å². The Balaban J connectivity index is 1.67. The van der Waals surface area contributed by atoms with Gasteiger partial charge < -0.3 is 10.0 Å². The molecule has 0 unspecified atom stereocenters. The molecule has 19 heavy (non-hydrogen) atoms. The Bertz CT molecular complexity index is 479. The smallest absolute Gasteiger partial charge is 0.121 e. The molecule has 2 aliphatic rings. The van der Waals surface area contributed by atoms with Crippen molar-refractivity contribution < 1.29 is 5.11 Å². The number of nitrogens with zero attached hydrogens (tertiary/aromatic N) is 2. The van der Waals surface area contributed by atoms with Crippen LogP contribution < -0.4 is 0 Å². The van der Waals surface area contributed by atoms with E-state index in [9.17, 15) is 5.11 Å². The van der Waals surface area contributed by atoms with E-state index in [1.807, 2.05) is 12.1 Å². The summed E-state index contributed by atoms with van der Waals surface area (Å²) in [5, 5.41) is 10.5. The molecule has 3 atom stereocenters. The lowest BCUT2D eigenvalue weighted by Crippen LogP contribution is -2.31. The highest BCUT2D eigenvalue weighted by Gasteiger charge is 2.43. The summed E-state index contributed by atoms with van der Waals surface area (Å²) in [5.74, 6) is 1.88. The van der Waals surface area contributed by atoms with Crippen molar-refractivity contribution in [3.63, 3.8) is 0 Å². The summed E-state index contributed by atoms with van der Waals surface area (Å²) in [4.78, 5) is 4.92. The summed E-state index contributed by atoms with van der Waals surface area (Å²) in [6.07, 6.45) is 0. The molecule has 3 nitrogen and oxygen atoms in total. The van der Waals surface area contributed by atoms with E-state index in [-0.39, 0.29) is 0 Å². The lowest BCUT2D eigenvalue weighted by atomic mass is 9.95. The molecule has 104 valence electrons. The number of likely N-dealkylation sites (tertiary alicyclic amines) is 2. The second kappa shape index (κ2) is 4.97. The predicted molar refractivity (Wildman–Crippen MR) is 77.5 cm³/mol. The molecule has 2 heterocycles. The van der Waals surface area contributed by atoms with E-state index in [0.717, 1.165) is 37.0 Å². The van der Waals surface area contributed by atoms with Gasteiger partial charge >= 0.3 is 0 Å². The Morgan fingerprint density at radius 1 is 1.32 bits per heavy atom. The molecule has 3 rings (SSSR count). The van der Waals surface area contributed by atoms with Crippen molar-refractivity contribution in [1.29, 1.82) is 0 Å². The summed E-state index contributed by atoms with van der Waals surface area (Å²) in [5.41, 5.74) is 0.977. The van der Waals surface area contributed by atoms with Gasteiger partial charge in [-0.1, -0.05) is 17.7 Å². The summed E-state index contributed by atoms with van der Waals surface area (Å²) in [6.45, 7) is 6.63. The van der Waals surface area contributed by atoms with Gasteiger partial charge in [0.1, 0.15) is 5.75 Å². The fourth-order valence-electron chi connectivity index (χ4n) is 3.63. The number of benzene rings is 1. The summed E-state index contributed by atoms with van der Waals surface area (Å²) < 4.78 is 0. The minimum atomic E-state index is 0.315. The number of hydrogen-bond donors (Lipinski definition) is 1. The van der Waals surface area contributed by atoms with Gasteiger partial charge in [-0.15, -0.1) is 0 Å². The van der Waals surface area contributed by atoms with Crippen LogP contribution in [0.3, 0.4) is 0 Å². The molecule has 1 aromatic rings. The fraction of sp³-hybridized carbons (Fsp3) is 0.600. The highest BCUT2D eigenvalue weighted by Crippen LogP contribution is 2.36. The number of rotatable bonds is 2. The minimum absolute atomic E-state index is 0.315. The molecule has 0 amide bonds. The lowest BCUT2D eigenvalue weighted by molar-refractivity contribution is 0.232. The van der Waals surface area contributed by atoms with E-state index in [1.54, 1.807) is 6.07 Å². The first-order chi connectivity index (χ1) is 9.04. The maximum absolute atomic E-state index is 9.93. The van der Waals surface area contributed by atoms with E-state index < -0.39 is 0 Å². The van der Waals surface area contributed by atoms with Gasteiger partial charge in [-0.3, -0.25) is 4.90 Å². The molecule has 0 spiro atoms. The highest BCUT2D eigenvalue weighted by molar-refractivity contribution is 6.30. The predicted octanol–water partition coefficient (Wildman–Crippen LogP) is 2.43. The van der Waals surface area contributed by atoms with Gasteiger partial charge in [0.05, 0.1) is 0 Å². The van der Waals surface area contributed by atoms with Gasteiger partial charge in [-0.2, -0.15) is 0 Å². The van der Waals surface area contributed by atoms with Crippen LogP contribution in [0.15, 0.2) is 18.2 Å². The first-order valence-electron chi connectivity index (χ1n) is 6.94. The highest BCUT2D eigenvalue weighted by atomic mass is 35.5. The Morgan fingerprint density at radius 3 is 2.79 bits per heavy atom. The van der Waals surface area contributed by atoms with Crippen molar-refractivity contribution in [3.8, 4) is 5.75 Å². The van der Waals surface area contributed by atoms with Gasteiger partial charge in [-0.05, 0) is 37.9 Å². The standard InChI is InChI=1S/C15H21ClN2O/c1-10-14-9-18(8-12(14)6-17(10)2)7-11-3-4-13(16)5-15(11)19/h3-5,10,12,14,19H,6-9H2,1-2H3/t10-,12-,14-/m0/s1. The Morgan fingerprint density at radius 2 is 2.11 bits per heavy atom. The molecule has 2 saturated heterocycles. The average Bonchev–Trinajstić information content (AvgIpc) is 2.84. The molecule has 2 aliphatic heterocycles. The van der Waals surface area contributed by atoms with E-state index in [0.29, 0.717) is 16.8 Å². The van der Waals surface area contributed by atoms with Crippen molar-refractivity contribution in [2.45, 2.75) is 19.5 Å². The summed E-state index contributed by atoms with van der Waals surface area (Å²) in [7, 11) is 2.22. The van der Waals surface area contributed by atoms with Crippen LogP contribution in [0.5, 0.6) is 5.75 Å². The zero-order chi connectivity index (χ0) is 13.6. The van der Waals surface area contributed by atoms with Crippen LogP contribution in [0.25, 0.3) is 0 Å². The third-order valence-electron chi connectivity index (χ3n) is 4.85. The third-order valence-corrected chi connectivity index (χ3v) is 5.08. The molecule has 4 heteroatoms. The molecule has 0 aromatic heterocycles. The maximum Gasteiger partial charge on any atom is 0.121 e. The topological polar surface area (TPSA) is 26.7 Å². The Labute approximate surface area is 119 Å². The maximum atomic E-state index is 9.93. The van der Waals surface area contributed by atoms with Crippen molar-refractivity contribution in [2.75, 3.05) is 26.7 Å². The molecule has 0 saturated carbocycles. The molecular weight excluding hydrogens is 260 g/mol. The van der Waals surface area contributed by atoms with Crippen molar-refractivity contribution in [2.24, 2.45) is 11.8 Å². The van der Waals surface area contributed by atoms with Crippen LogP contribution in [0.2, 0.25) is 5.02 Å². The second-order valence-electron chi connectivity index (χ2n) is 6.07. The van der Waals surface area contributed by atoms with Crippen LogP contribution in [0.4, 0.5) is 0 Å². The SMILES string of the molecule is C[C@H]1[C@@H]2CN(Cc3ccc(Cl)cc3O)C[C@@H]2CN1C. The molecule has 0 radical (unpaired) electrons. The number of phenolic OH excluding ortho intramolecular Hbond substituents is 1. The number of halogens is 1. The first-order valence-corrected chi connectivity index (χ1v) is 7.32. The molecule has 0 aliphatic carbocycles. The van der Waals surface area contributed by atoms with Crippen molar-refractivity contribution in [1.82, 2.24) is 9.80 Å². The summed E-state index contributed by atoms with van der Waals surface area (Å²) >= 11 is 5.87. The molecule has 0 bridgehead atoms. The van der Waals surface area contributed by atoms with E-state index in [1.165, 1.54) is 6.54 Å². The molecule has 1 aromatic carbocycles. The van der Waals surface area contributed by atoms with Crippen LogP contribution in [0, 0.1) is 11.8 Å². The molecular formula is C15H21ClN2O. The zero-order valence-electron chi connectivity index (χ0n) is 11.5. The van der Waals surface area contributed by atoms with Crippen LogP contribution >= 0.6 is 11.6 Å². The van der Waals surface area contributed by atoms with Crippen LogP contribution in [-0.2, 0) is 6.54 Å². The van der Waals surface area contributed by atoms with Gasteiger partial charge in [0.15, 0.2) is 0 Å². The monoisotopic (exact) mass is 280 g/mol. The van der Waals surface area contributed by atoms with Crippen LogP contribution in [-0.4, -0.2) is 47.6 Å². The van der Waals surface area contributed by atoms with Gasteiger partial charge in [0, 0.05) is 42.8 Å². The largest absolute Gasteiger partial charge is 0.508 e. The number of fused-ring (bicyclic) bond motifs is 1. The normalized spacial score (nSPS) is 31.8. The van der Waals surface area contributed by atoms with E-state index in [4.69, 9.17) is 11.6 Å². The lowest BCUT2D eigenvalue weighted by Gasteiger charge is -2.23. The Hall–Kier alpha value is -0.770. The van der Waals surface area contributed by atoms with Gasteiger partial charge in [-0.25, -0.2) is 0 Å². The zero-order valence-corrected chi connectivity index (χ0v) is 12.3. The van der Waals surface area contributed by atoms with Crippen molar-refractivity contribution in [3.05, 3.63) is 28.8 Å². The number of aromatic hydroxyl groups is 1. The van der Waals surface area contributed by atoms with Crippen molar-refractivity contribution >= 4 is 11.6 Å². The number of hydrogen-bond acceptors (Lipinski definition) is 3. The average molecular weight is 281 g/mol. The third kappa shape index (κ3) is 2.47. The van der Waals surface area contributed by atoms with Crippen LogP contribution in [0.1, 0.15) is 12.5 Å². The quantitative estimate of drug-likeness (QED) is 0.901. The minimum Gasteiger partial charge on any atom is -0.508 e. The first kappa shape index (κ1) is 13.2.